The van der Waals surface area contributed by atoms with Gasteiger partial charge in [-0.2, -0.15) is 0 Å². The van der Waals surface area contributed by atoms with Crippen LogP contribution >= 0.6 is 0 Å². The van der Waals surface area contributed by atoms with Gasteiger partial charge in [0.1, 0.15) is 24.7 Å². The van der Waals surface area contributed by atoms with Crippen LogP contribution in [0, 0.1) is 0 Å². The van der Waals surface area contributed by atoms with Gasteiger partial charge >= 0.3 is 6.09 Å². The molecule has 0 saturated carbocycles. The van der Waals surface area contributed by atoms with Crippen molar-refractivity contribution in [3.8, 4) is 5.75 Å². The molecule has 1 aromatic carbocycles. The van der Waals surface area contributed by atoms with E-state index in [-0.39, 0.29) is 25.3 Å². The summed E-state index contributed by atoms with van der Waals surface area (Å²) < 4.78 is 16.9. The topological polar surface area (TPSA) is 77.7 Å². The number of carbonyl (C=O) groups is 1. The maximum absolute atomic E-state index is 12.6. The van der Waals surface area contributed by atoms with Gasteiger partial charge in [0.2, 0.25) is 0 Å². The molecule has 1 fully saturated rings. The first-order valence-electron chi connectivity index (χ1n) is 9.23. The number of ether oxygens (including phenoxy) is 2. The lowest BCUT2D eigenvalue weighted by Crippen LogP contribution is -2.31. The Morgan fingerprint density at radius 1 is 1.18 bits per heavy atom. The van der Waals surface area contributed by atoms with Crippen molar-refractivity contribution in [3.05, 3.63) is 78.3 Å². The molecular formula is C21H21N3O4. The predicted molar refractivity (Wildman–Crippen MR) is 100 cm³/mol. The summed E-state index contributed by atoms with van der Waals surface area (Å²) in [6.07, 6.45) is 6.06. The summed E-state index contributed by atoms with van der Waals surface area (Å²) in [5.41, 5.74) is 1.63. The van der Waals surface area contributed by atoms with Gasteiger partial charge in [0.15, 0.2) is 12.2 Å². The molecule has 1 saturated heterocycles. The molecular weight excluding hydrogens is 358 g/mol. The van der Waals surface area contributed by atoms with E-state index >= 15 is 0 Å². The summed E-state index contributed by atoms with van der Waals surface area (Å²) in [4.78, 5) is 22.6. The van der Waals surface area contributed by atoms with Crippen molar-refractivity contribution < 1.29 is 18.7 Å². The van der Waals surface area contributed by atoms with Crippen molar-refractivity contribution in [1.82, 2.24) is 14.9 Å². The summed E-state index contributed by atoms with van der Waals surface area (Å²) in [5.74, 6) is 1.31. The number of aromatic nitrogens is 2. The highest BCUT2D eigenvalue weighted by Crippen LogP contribution is 2.34. The molecule has 4 rings (SSSR count). The third kappa shape index (κ3) is 4.14. The lowest BCUT2D eigenvalue weighted by atomic mass is 10.1. The molecule has 0 aliphatic carbocycles. The van der Waals surface area contributed by atoms with Crippen LogP contribution in [0.15, 0.2) is 65.7 Å². The van der Waals surface area contributed by atoms with Crippen LogP contribution in [0.1, 0.15) is 35.9 Å². The molecule has 7 heteroatoms. The van der Waals surface area contributed by atoms with Crippen LogP contribution < -0.4 is 4.74 Å². The number of benzene rings is 1. The average molecular weight is 379 g/mol. The molecule has 3 aromatic rings. The van der Waals surface area contributed by atoms with E-state index in [1.54, 1.807) is 23.4 Å². The number of hydrogen-bond acceptors (Lipinski definition) is 6. The van der Waals surface area contributed by atoms with Crippen molar-refractivity contribution in [2.75, 3.05) is 6.54 Å². The van der Waals surface area contributed by atoms with Crippen molar-refractivity contribution >= 4 is 6.09 Å². The van der Waals surface area contributed by atoms with Gasteiger partial charge in [-0.05, 0) is 30.5 Å². The highest BCUT2D eigenvalue weighted by molar-refractivity contribution is 5.68. The Morgan fingerprint density at radius 3 is 2.89 bits per heavy atom. The number of rotatable bonds is 6. The lowest BCUT2D eigenvalue weighted by molar-refractivity contribution is 0.0882. The van der Waals surface area contributed by atoms with E-state index in [1.165, 1.54) is 6.39 Å². The van der Waals surface area contributed by atoms with Gasteiger partial charge < -0.3 is 13.9 Å². The number of nitrogens with zero attached hydrogens (tertiary/aromatic N) is 3. The Bertz CT molecular complexity index is 898. The monoisotopic (exact) mass is 379 g/mol. The zero-order valence-corrected chi connectivity index (χ0v) is 15.4. The van der Waals surface area contributed by atoms with Gasteiger partial charge in [0.05, 0.1) is 12.2 Å². The third-order valence-corrected chi connectivity index (χ3v) is 4.68. The minimum atomic E-state index is -0.345. The molecule has 1 amide bonds. The quantitative estimate of drug-likeness (QED) is 0.641. The second-order valence-electron chi connectivity index (χ2n) is 6.53. The Morgan fingerprint density at radius 2 is 2.07 bits per heavy atom. The van der Waals surface area contributed by atoms with Crippen LogP contribution in [-0.2, 0) is 18.0 Å². The van der Waals surface area contributed by atoms with Crippen LogP contribution in [0.4, 0.5) is 4.79 Å². The standard InChI is InChI=1S/C21H21N3O4/c25-21(27-13-16-6-2-1-3-7-16)24-11-5-9-19(24)20-18(23-15-28-20)14-26-17-8-4-10-22-12-17/h1-4,6-8,10,12,15,19H,5,9,11,13-14H2. The molecule has 28 heavy (non-hydrogen) atoms. The third-order valence-electron chi connectivity index (χ3n) is 4.68. The Kier molecular flexibility index (Phi) is 5.51. The molecule has 0 spiro atoms. The zero-order valence-electron chi connectivity index (χ0n) is 15.4. The minimum Gasteiger partial charge on any atom is -0.486 e. The first-order chi connectivity index (χ1) is 13.8. The van der Waals surface area contributed by atoms with Crippen LogP contribution in [0.5, 0.6) is 5.75 Å². The molecule has 0 N–H and O–H groups in total. The fourth-order valence-electron chi connectivity index (χ4n) is 3.30. The molecule has 1 aliphatic rings. The fourth-order valence-corrected chi connectivity index (χ4v) is 3.30. The molecule has 3 heterocycles. The van der Waals surface area contributed by atoms with E-state index in [0.29, 0.717) is 23.7 Å². The second-order valence-corrected chi connectivity index (χ2v) is 6.53. The zero-order chi connectivity index (χ0) is 19.2. The number of pyridine rings is 1. The molecule has 1 unspecified atom stereocenters. The molecule has 1 aliphatic heterocycles. The van der Waals surface area contributed by atoms with Crippen LogP contribution in [0.2, 0.25) is 0 Å². The van der Waals surface area contributed by atoms with E-state index in [1.807, 2.05) is 36.4 Å². The van der Waals surface area contributed by atoms with Gasteiger partial charge in [-0.25, -0.2) is 9.78 Å². The van der Waals surface area contributed by atoms with E-state index in [4.69, 9.17) is 13.9 Å². The van der Waals surface area contributed by atoms with Crippen molar-refractivity contribution in [1.29, 1.82) is 0 Å². The van der Waals surface area contributed by atoms with Crippen molar-refractivity contribution in [2.45, 2.75) is 32.1 Å². The van der Waals surface area contributed by atoms with Gasteiger partial charge in [-0.3, -0.25) is 9.88 Å². The summed E-state index contributed by atoms with van der Waals surface area (Å²) >= 11 is 0. The molecule has 2 aromatic heterocycles. The van der Waals surface area contributed by atoms with Gasteiger partial charge in [-0.15, -0.1) is 0 Å². The van der Waals surface area contributed by atoms with Gasteiger partial charge in [0, 0.05) is 12.7 Å². The van der Waals surface area contributed by atoms with Crippen LogP contribution in [-0.4, -0.2) is 27.5 Å². The highest BCUT2D eigenvalue weighted by atomic mass is 16.6. The van der Waals surface area contributed by atoms with E-state index in [2.05, 4.69) is 9.97 Å². The maximum atomic E-state index is 12.6. The summed E-state index contributed by atoms with van der Waals surface area (Å²) in [6.45, 7) is 1.12. The summed E-state index contributed by atoms with van der Waals surface area (Å²) in [7, 11) is 0. The minimum absolute atomic E-state index is 0.196. The average Bonchev–Trinajstić information content (AvgIpc) is 3.41. The number of oxazole rings is 1. The number of carbonyl (C=O) groups excluding carboxylic acids is 1. The van der Waals surface area contributed by atoms with Crippen molar-refractivity contribution in [3.63, 3.8) is 0 Å². The normalized spacial score (nSPS) is 16.1. The molecule has 7 nitrogen and oxygen atoms in total. The lowest BCUT2D eigenvalue weighted by Gasteiger charge is -2.23. The Labute approximate surface area is 162 Å². The SMILES string of the molecule is O=C(OCc1ccccc1)N1CCCC1c1ocnc1COc1cccnc1. The number of likely N-dealkylation sites (tertiary alicyclic amines) is 1. The highest BCUT2D eigenvalue weighted by Gasteiger charge is 2.35. The van der Waals surface area contributed by atoms with E-state index in [9.17, 15) is 4.79 Å². The van der Waals surface area contributed by atoms with Crippen molar-refractivity contribution in [2.24, 2.45) is 0 Å². The van der Waals surface area contributed by atoms with Gasteiger partial charge in [0.25, 0.3) is 0 Å². The largest absolute Gasteiger partial charge is 0.486 e. The molecule has 0 bridgehead atoms. The first-order valence-corrected chi connectivity index (χ1v) is 9.23. The molecule has 144 valence electrons. The number of amides is 1. The van der Waals surface area contributed by atoms with E-state index < -0.39 is 0 Å². The van der Waals surface area contributed by atoms with Crippen LogP contribution in [0.3, 0.4) is 0 Å². The fraction of sp³-hybridized carbons (Fsp3) is 0.286. The molecule has 1 atom stereocenters. The second kappa shape index (κ2) is 8.56. The smallest absolute Gasteiger partial charge is 0.410 e. The van der Waals surface area contributed by atoms with E-state index in [0.717, 1.165) is 18.4 Å². The number of hydrogen-bond donors (Lipinski definition) is 0. The first kappa shape index (κ1) is 18.0. The summed E-state index contributed by atoms with van der Waals surface area (Å²) in [6, 6.07) is 13.1. The summed E-state index contributed by atoms with van der Waals surface area (Å²) in [5, 5.41) is 0. The molecule has 0 radical (unpaired) electrons. The Hall–Kier alpha value is -3.35. The van der Waals surface area contributed by atoms with Gasteiger partial charge in [-0.1, -0.05) is 30.3 Å². The van der Waals surface area contributed by atoms with Crippen LogP contribution in [0.25, 0.3) is 0 Å². The predicted octanol–water partition coefficient (Wildman–Crippen LogP) is 4.12. The maximum Gasteiger partial charge on any atom is 0.410 e. The Balaban J connectivity index is 1.40.